The van der Waals surface area contributed by atoms with E-state index in [4.69, 9.17) is 5.73 Å². The number of aliphatic hydroxyl groups is 1. The number of amides is 1. The Balaban J connectivity index is 1.86. The summed E-state index contributed by atoms with van der Waals surface area (Å²) < 4.78 is 0. The van der Waals surface area contributed by atoms with Gasteiger partial charge in [0.15, 0.2) is 0 Å². The molecule has 3 rings (SSSR count). The predicted molar refractivity (Wildman–Crippen MR) is 92.4 cm³/mol. The van der Waals surface area contributed by atoms with Gasteiger partial charge in [0, 0.05) is 6.04 Å². The summed E-state index contributed by atoms with van der Waals surface area (Å²) in [4.78, 5) is 11.4. The van der Waals surface area contributed by atoms with Crippen molar-refractivity contribution in [2.45, 2.75) is 25.5 Å². The van der Waals surface area contributed by atoms with Gasteiger partial charge in [-0.05, 0) is 42.2 Å². The normalized spacial score (nSPS) is 16.0. The van der Waals surface area contributed by atoms with Crippen molar-refractivity contribution in [2.24, 2.45) is 5.73 Å². The number of hydrogen-bond acceptors (Lipinski definition) is 4. The van der Waals surface area contributed by atoms with Crippen molar-refractivity contribution in [3.63, 3.8) is 0 Å². The molecule has 0 aromatic heterocycles. The molecule has 5 nitrogen and oxygen atoms in total. The molecule has 5 heteroatoms. The summed E-state index contributed by atoms with van der Waals surface area (Å²) in [5, 5.41) is 15.9. The molecular formula is C18H21N3O2. The maximum absolute atomic E-state index is 11.4. The number of rotatable bonds is 4. The van der Waals surface area contributed by atoms with Crippen LogP contribution >= 0.6 is 0 Å². The number of benzene rings is 2. The van der Waals surface area contributed by atoms with Gasteiger partial charge in [0.25, 0.3) is 0 Å². The molecule has 1 amide bonds. The van der Waals surface area contributed by atoms with Crippen molar-refractivity contribution in [3.05, 3.63) is 48.0 Å². The Morgan fingerprint density at radius 1 is 1.17 bits per heavy atom. The monoisotopic (exact) mass is 311 g/mol. The van der Waals surface area contributed by atoms with Gasteiger partial charge in [-0.25, -0.2) is 0 Å². The van der Waals surface area contributed by atoms with Crippen LogP contribution < -0.4 is 16.4 Å². The van der Waals surface area contributed by atoms with Gasteiger partial charge in [-0.3, -0.25) is 4.79 Å². The van der Waals surface area contributed by atoms with Crippen LogP contribution in [0.15, 0.2) is 42.5 Å². The number of fused-ring (bicyclic) bond motifs is 1. The molecule has 0 fully saturated rings. The third-order valence-electron chi connectivity index (χ3n) is 4.05. The molecule has 2 unspecified atom stereocenters. The molecule has 1 heterocycles. The Labute approximate surface area is 135 Å². The summed E-state index contributed by atoms with van der Waals surface area (Å²) in [6.45, 7) is 2.09. The van der Waals surface area contributed by atoms with Crippen LogP contribution in [-0.2, 0) is 11.2 Å². The molecule has 1 aliphatic rings. The first-order valence-corrected chi connectivity index (χ1v) is 7.73. The van der Waals surface area contributed by atoms with E-state index in [2.05, 4.69) is 16.7 Å². The van der Waals surface area contributed by atoms with Crippen LogP contribution in [0.25, 0.3) is 11.1 Å². The van der Waals surface area contributed by atoms with Crippen LogP contribution in [0.1, 0.15) is 12.5 Å². The summed E-state index contributed by atoms with van der Waals surface area (Å²) in [5.41, 5.74) is 10.6. The first-order chi connectivity index (χ1) is 11.0. The molecule has 1 aliphatic heterocycles. The second-order valence-corrected chi connectivity index (χ2v) is 5.99. The minimum absolute atomic E-state index is 0.0304. The fraction of sp³-hybridized carbons (Fsp3) is 0.278. The van der Waals surface area contributed by atoms with Crippen molar-refractivity contribution in [2.75, 3.05) is 17.2 Å². The van der Waals surface area contributed by atoms with Gasteiger partial charge in [0.1, 0.15) is 0 Å². The zero-order valence-electron chi connectivity index (χ0n) is 13.0. The number of hydrogen-bond donors (Lipinski definition) is 4. The molecule has 2 aromatic carbocycles. The number of carbonyl (C=O) groups excluding carboxylic acids is 1. The van der Waals surface area contributed by atoms with Crippen LogP contribution in [0.4, 0.5) is 11.4 Å². The van der Waals surface area contributed by atoms with Gasteiger partial charge in [0.2, 0.25) is 5.91 Å². The highest BCUT2D eigenvalue weighted by molar-refractivity contribution is 6.01. The number of nitrogens with two attached hydrogens (primary N) is 1. The van der Waals surface area contributed by atoms with E-state index in [9.17, 15) is 9.90 Å². The molecule has 0 saturated heterocycles. The highest BCUT2D eigenvalue weighted by atomic mass is 16.3. The summed E-state index contributed by atoms with van der Waals surface area (Å²) in [6, 6.07) is 13.7. The first kappa shape index (κ1) is 15.5. The molecular weight excluding hydrogens is 290 g/mol. The Kier molecular flexibility index (Phi) is 4.32. The van der Waals surface area contributed by atoms with Gasteiger partial charge in [-0.15, -0.1) is 0 Å². The summed E-state index contributed by atoms with van der Waals surface area (Å²) in [6.07, 6.45) is -0.0178. The number of anilines is 2. The molecule has 0 spiro atoms. The fourth-order valence-electron chi connectivity index (χ4n) is 2.65. The van der Waals surface area contributed by atoms with Crippen molar-refractivity contribution >= 4 is 17.3 Å². The average molecular weight is 311 g/mol. The number of nitrogens with one attached hydrogen (secondary N) is 2. The smallest absolute Gasteiger partial charge is 0.243 e. The molecule has 0 bridgehead atoms. The van der Waals surface area contributed by atoms with E-state index in [0.29, 0.717) is 6.42 Å². The molecule has 0 saturated carbocycles. The topological polar surface area (TPSA) is 87.4 Å². The zero-order chi connectivity index (χ0) is 16.4. The molecule has 5 N–H and O–H groups in total. The Morgan fingerprint density at radius 2 is 1.96 bits per heavy atom. The van der Waals surface area contributed by atoms with Crippen LogP contribution in [0.3, 0.4) is 0 Å². The highest BCUT2D eigenvalue weighted by Crippen LogP contribution is 2.31. The molecule has 0 radical (unpaired) electrons. The minimum atomic E-state index is -0.550. The van der Waals surface area contributed by atoms with E-state index in [-0.39, 0.29) is 18.5 Å². The highest BCUT2D eigenvalue weighted by Gasteiger charge is 2.15. The Bertz CT molecular complexity index is 728. The summed E-state index contributed by atoms with van der Waals surface area (Å²) in [7, 11) is 0. The van der Waals surface area contributed by atoms with Gasteiger partial charge in [-0.2, -0.15) is 0 Å². The van der Waals surface area contributed by atoms with Gasteiger partial charge in [0.05, 0.1) is 24.0 Å². The third-order valence-corrected chi connectivity index (χ3v) is 4.05. The molecule has 23 heavy (non-hydrogen) atoms. The molecule has 2 atom stereocenters. The second kappa shape index (κ2) is 6.40. The molecule has 120 valence electrons. The van der Waals surface area contributed by atoms with E-state index < -0.39 is 6.10 Å². The van der Waals surface area contributed by atoms with Gasteiger partial charge < -0.3 is 21.5 Å². The lowest BCUT2D eigenvalue weighted by atomic mass is 9.98. The van der Waals surface area contributed by atoms with Crippen LogP contribution in [0.2, 0.25) is 0 Å². The fourth-order valence-corrected chi connectivity index (χ4v) is 2.65. The SMILES string of the molecule is CC(N)C(O)Cc1cccc(-c2ccc3c(c2)NCC(=O)N3)c1. The van der Waals surface area contributed by atoms with Crippen molar-refractivity contribution in [1.29, 1.82) is 0 Å². The van der Waals surface area contributed by atoms with E-state index in [1.165, 1.54) is 0 Å². The quantitative estimate of drug-likeness (QED) is 0.695. The number of aliphatic hydroxyl groups excluding tert-OH is 1. The molecule has 2 aromatic rings. The maximum atomic E-state index is 11.4. The predicted octanol–water partition coefficient (Wildman–Crippen LogP) is 1.97. The largest absolute Gasteiger partial charge is 0.391 e. The van der Waals surface area contributed by atoms with Crippen LogP contribution in [0, 0.1) is 0 Å². The van der Waals surface area contributed by atoms with Gasteiger partial charge >= 0.3 is 0 Å². The standard InChI is InChI=1S/C18H21N3O2/c1-11(19)17(22)8-12-3-2-4-13(7-12)14-5-6-15-16(9-14)20-10-18(23)21-15/h2-7,9,11,17,20,22H,8,10,19H2,1H3,(H,21,23). The second-order valence-electron chi connectivity index (χ2n) is 5.99. The van der Waals surface area contributed by atoms with Crippen LogP contribution in [0.5, 0.6) is 0 Å². The van der Waals surface area contributed by atoms with Crippen molar-refractivity contribution in [3.8, 4) is 11.1 Å². The van der Waals surface area contributed by atoms with E-state index in [0.717, 1.165) is 28.1 Å². The summed E-state index contributed by atoms with van der Waals surface area (Å²) >= 11 is 0. The van der Waals surface area contributed by atoms with Gasteiger partial charge in [-0.1, -0.05) is 30.3 Å². The lowest BCUT2D eigenvalue weighted by Gasteiger charge is -2.19. The lowest BCUT2D eigenvalue weighted by molar-refractivity contribution is -0.114. The summed E-state index contributed by atoms with van der Waals surface area (Å²) in [5.74, 6) is -0.0304. The maximum Gasteiger partial charge on any atom is 0.243 e. The zero-order valence-corrected chi connectivity index (χ0v) is 13.0. The molecule has 0 aliphatic carbocycles. The van der Waals surface area contributed by atoms with Crippen molar-refractivity contribution in [1.82, 2.24) is 0 Å². The van der Waals surface area contributed by atoms with E-state index in [1.807, 2.05) is 36.4 Å². The number of carbonyl (C=O) groups is 1. The Hall–Kier alpha value is -2.37. The first-order valence-electron chi connectivity index (χ1n) is 7.73. The van der Waals surface area contributed by atoms with Crippen LogP contribution in [-0.4, -0.2) is 29.7 Å². The van der Waals surface area contributed by atoms with E-state index in [1.54, 1.807) is 6.92 Å². The van der Waals surface area contributed by atoms with E-state index >= 15 is 0 Å². The third kappa shape index (κ3) is 3.52. The average Bonchev–Trinajstić information content (AvgIpc) is 2.54. The lowest BCUT2D eigenvalue weighted by Crippen LogP contribution is -2.33. The minimum Gasteiger partial charge on any atom is -0.391 e. The Morgan fingerprint density at radius 3 is 2.74 bits per heavy atom. The van der Waals surface area contributed by atoms with Crippen molar-refractivity contribution < 1.29 is 9.90 Å².